The van der Waals surface area contributed by atoms with Gasteiger partial charge in [-0.2, -0.15) is 23.5 Å². The van der Waals surface area contributed by atoms with Gasteiger partial charge in [0.05, 0.1) is 10.4 Å². The van der Waals surface area contributed by atoms with Crippen LogP contribution in [0.15, 0.2) is 12.1 Å². The highest BCUT2D eigenvalue weighted by Gasteiger charge is 2.29. The quantitative estimate of drug-likeness (QED) is 0.921. The van der Waals surface area contributed by atoms with Crippen molar-refractivity contribution in [2.75, 3.05) is 11.5 Å². The van der Waals surface area contributed by atoms with E-state index in [-0.39, 0.29) is 6.10 Å². The molecular weight excluding hydrogens is 280 g/mol. The molecule has 2 rings (SSSR count). The molecular formula is C11H15ClOS3. The fourth-order valence-electron chi connectivity index (χ4n) is 1.86. The largest absolute Gasteiger partial charge is 0.392 e. The monoisotopic (exact) mass is 294 g/mol. The molecule has 1 nitrogen and oxygen atoms in total. The van der Waals surface area contributed by atoms with Gasteiger partial charge in [0.2, 0.25) is 0 Å². The topological polar surface area (TPSA) is 20.2 Å². The summed E-state index contributed by atoms with van der Waals surface area (Å²) in [5, 5.41) is 11.1. The summed E-state index contributed by atoms with van der Waals surface area (Å²) in [6, 6.07) is 3.92. The highest BCUT2D eigenvalue weighted by Crippen LogP contribution is 2.34. The molecule has 0 aromatic carbocycles. The SMILES string of the molecule is CC1SCCSC1C(O)Cc1ccc(Cl)s1. The van der Waals surface area contributed by atoms with E-state index < -0.39 is 0 Å². The van der Waals surface area contributed by atoms with Crippen molar-refractivity contribution in [1.29, 1.82) is 0 Å². The van der Waals surface area contributed by atoms with Gasteiger partial charge in [0.1, 0.15) is 0 Å². The fourth-order valence-corrected chi connectivity index (χ4v) is 5.84. The second-order valence-electron chi connectivity index (χ2n) is 3.89. The van der Waals surface area contributed by atoms with Crippen LogP contribution in [0.3, 0.4) is 0 Å². The zero-order valence-corrected chi connectivity index (χ0v) is 12.3. The van der Waals surface area contributed by atoms with E-state index in [1.807, 2.05) is 35.7 Å². The van der Waals surface area contributed by atoms with Gasteiger partial charge >= 0.3 is 0 Å². The molecule has 1 aromatic rings. The van der Waals surface area contributed by atoms with E-state index in [0.717, 1.165) is 16.5 Å². The standard InChI is InChI=1S/C11H15ClOS3/c1-7-11(15-5-4-14-7)9(13)6-8-2-3-10(12)16-8/h2-3,7,9,11,13H,4-6H2,1H3. The number of aliphatic hydroxyl groups excluding tert-OH is 1. The van der Waals surface area contributed by atoms with Crippen molar-refractivity contribution in [3.8, 4) is 0 Å². The molecule has 0 saturated carbocycles. The first-order valence-electron chi connectivity index (χ1n) is 5.32. The van der Waals surface area contributed by atoms with Gasteiger partial charge in [0, 0.05) is 33.3 Å². The molecule has 1 aromatic heterocycles. The summed E-state index contributed by atoms with van der Waals surface area (Å²) in [6.45, 7) is 2.21. The summed E-state index contributed by atoms with van der Waals surface area (Å²) in [5.74, 6) is 2.36. The van der Waals surface area contributed by atoms with Crippen molar-refractivity contribution < 1.29 is 5.11 Å². The minimum atomic E-state index is -0.248. The molecule has 0 radical (unpaired) electrons. The van der Waals surface area contributed by atoms with E-state index in [4.69, 9.17) is 11.6 Å². The molecule has 0 aliphatic carbocycles. The molecule has 1 aliphatic heterocycles. The summed E-state index contributed by atoms with van der Waals surface area (Å²) in [5.41, 5.74) is 0. The van der Waals surface area contributed by atoms with Gasteiger partial charge in [0.25, 0.3) is 0 Å². The van der Waals surface area contributed by atoms with Crippen LogP contribution in [0.25, 0.3) is 0 Å². The Balaban J connectivity index is 1.93. The van der Waals surface area contributed by atoms with Gasteiger partial charge in [-0.3, -0.25) is 0 Å². The third-order valence-corrected chi connectivity index (χ3v) is 7.15. The molecule has 1 fully saturated rings. The van der Waals surface area contributed by atoms with Crippen LogP contribution in [-0.2, 0) is 6.42 Å². The van der Waals surface area contributed by atoms with Crippen molar-refractivity contribution in [1.82, 2.24) is 0 Å². The molecule has 3 atom stereocenters. The average molecular weight is 295 g/mol. The van der Waals surface area contributed by atoms with Crippen LogP contribution in [0.2, 0.25) is 4.34 Å². The molecule has 0 amide bonds. The Morgan fingerprint density at radius 3 is 2.81 bits per heavy atom. The second-order valence-corrected chi connectivity index (χ2v) is 8.46. The maximum absolute atomic E-state index is 10.2. The minimum absolute atomic E-state index is 0.248. The smallest absolute Gasteiger partial charge is 0.0931 e. The van der Waals surface area contributed by atoms with E-state index in [2.05, 4.69) is 6.92 Å². The lowest BCUT2D eigenvalue weighted by Gasteiger charge is -2.31. The predicted octanol–water partition coefficient (Wildman–Crippen LogP) is 3.54. The Morgan fingerprint density at radius 2 is 2.19 bits per heavy atom. The summed E-state index contributed by atoms with van der Waals surface area (Å²) in [6.07, 6.45) is 0.488. The molecule has 5 heteroatoms. The fraction of sp³-hybridized carbons (Fsp3) is 0.636. The first-order chi connectivity index (χ1) is 7.66. The van der Waals surface area contributed by atoms with Crippen LogP contribution in [0, 0.1) is 0 Å². The van der Waals surface area contributed by atoms with Gasteiger partial charge in [-0.25, -0.2) is 0 Å². The highest BCUT2D eigenvalue weighted by molar-refractivity contribution is 8.07. The van der Waals surface area contributed by atoms with Crippen molar-refractivity contribution in [3.63, 3.8) is 0 Å². The van der Waals surface area contributed by atoms with Crippen LogP contribution in [0.5, 0.6) is 0 Å². The van der Waals surface area contributed by atoms with Gasteiger partial charge in [0.15, 0.2) is 0 Å². The molecule has 1 N–H and O–H groups in total. The van der Waals surface area contributed by atoms with Gasteiger partial charge in [-0.1, -0.05) is 18.5 Å². The Kier molecular flexibility index (Phi) is 4.91. The Labute approximate surface area is 114 Å². The molecule has 3 unspecified atom stereocenters. The maximum Gasteiger partial charge on any atom is 0.0931 e. The van der Waals surface area contributed by atoms with Crippen LogP contribution in [0.1, 0.15) is 11.8 Å². The number of hydrogen-bond acceptors (Lipinski definition) is 4. The van der Waals surface area contributed by atoms with E-state index >= 15 is 0 Å². The highest BCUT2D eigenvalue weighted by atomic mass is 35.5. The summed E-state index contributed by atoms with van der Waals surface area (Å²) in [4.78, 5) is 1.18. The van der Waals surface area contributed by atoms with Crippen molar-refractivity contribution in [2.45, 2.75) is 29.9 Å². The molecule has 2 heterocycles. The first kappa shape index (κ1) is 13.1. The molecule has 1 saturated heterocycles. The summed E-state index contributed by atoms with van der Waals surface area (Å²) in [7, 11) is 0. The molecule has 90 valence electrons. The average Bonchev–Trinajstić information content (AvgIpc) is 2.64. The lowest BCUT2D eigenvalue weighted by atomic mass is 10.1. The first-order valence-corrected chi connectivity index (χ1v) is 8.61. The zero-order valence-electron chi connectivity index (χ0n) is 9.06. The van der Waals surface area contributed by atoms with Crippen LogP contribution < -0.4 is 0 Å². The van der Waals surface area contributed by atoms with Gasteiger partial charge < -0.3 is 5.11 Å². The Bertz CT molecular complexity index is 342. The second kappa shape index (κ2) is 6.01. The minimum Gasteiger partial charge on any atom is -0.392 e. The number of thioether (sulfide) groups is 2. The lowest BCUT2D eigenvalue weighted by molar-refractivity contribution is 0.172. The zero-order chi connectivity index (χ0) is 11.5. The van der Waals surface area contributed by atoms with Crippen LogP contribution >= 0.6 is 46.5 Å². The lowest BCUT2D eigenvalue weighted by Crippen LogP contribution is -2.35. The third-order valence-electron chi connectivity index (χ3n) is 2.66. The maximum atomic E-state index is 10.2. The van der Waals surface area contributed by atoms with Gasteiger partial charge in [-0.05, 0) is 12.1 Å². The third kappa shape index (κ3) is 3.33. The number of halogens is 1. The number of hydrogen-bond donors (Lipinski definition) is 1. The van der Waals surface area contributed by atoms with Crippen LogP contribution in [0.4, 0.5) is 0 Å². The molecule has 16 heavy (non-hydrogen) atoms. The Morgan fingerprint density at radius 1 is 1.44 bits per heavy atom. The Hall–Kier alpha value is 0.650. The van der Waals surface area contributed by atoms with Gasteiger partial charge in [-0.15, -0.1) is 11.3 Å². The number of thiophene rings is 1. The van der Waals surface area contributed by atoms with Crippen molar-refractivity contribution in [3.05, 3.63) is 21.3 Å². The van der Waals surface area contributed by atoms with E-state index in [1.54, 1.807) is 11.3 Å². The van der Waals surface area contributed by atoms with E-state index in [1.165, 1.54) is 10.6 Å². The number of aliphatic hydroxyl groups is 1. The van der Waals surface area contributed by atoms with Crippen molar-refractivity contribution in [2.24, 2.45) is 0 Å². The molecule has 1 aliphatic rings. The van der Waals surface area contributed by atoms with Crippen LogP contribution in [-0.4, -0.2) is 33.2 Å². The predicted molar refractivity (Wildman–Crippen MR) is 77.2 cm³/mol. The molecule has 0 bridgehead atoms. The van der Waals surface area contributed by atoms with E-state index in [0.29, 0.717) is 10.5 Å². The summed E-state index contributed by atoms with van der Waals surface area (Å²) >= 11 is 11.3. The molecule has 0 spiro atoms. The normalized spacial score (nSPS) is 27.9. The van der Waals surface area contributed by atoms with Crippen molar-refractivity contribution >= 4 is 46.5 Å². The summed E-state index contributed by atoms with van der Waals surface area (Å²) < 4.78 is 0.806. The number of rotatable bonds is 3. The van der Waals surface area contributed by atoms with E-state index in [9.17, 15) is 5.11 Å².